The fourth-order valence-corrected chi connectivity index (χ4v) is 2.31. The van der Waals surface area contributed by atoms with Crippen molar-refractivity contribution in [3.05, 3.63) is 52.2 Å². The van der Waals surface area contributed by atoms with Crippen LogP contribution in [0.15, 0.2) is 41.8 Å². The van der Waals surface area contributed by atoms with Gasteiger partial charge in [-0.15, -0.1) is 11.3 Å². The number of carbonyl (C=O) groups is 1. The van der Waals surface area contributed by atoms with Crippen LogP contribution >= 0.6 is 11.3 Å². The lowest BCUT2D eigenvalue weighted by Crippen LogP contribution is -2.34. The predicted octanol–water partition coefficient (Wildman–Crippen LogP) is 2.76. The zero-order valence-corrected chi connectivity index (χ0v) is 11.5. The highest BCUT2D eigenvalue weighted by atomic mass is 32.1. The summed E-state index contributed by atoms with van der Waals surface area (Å²) in [4.78, 5) is 12.8. The molecule has 4 nitrogen and oxygen atoms in total. The molecule has 5 heteroatoms. The van der Waals surface area contributed by atoms with Crippen molar-refractivity contribution in [3.63, 3.8) is 0 Å². The van der Waals surface area contributed by atoms with Gasteiger partial charge in [-0.1, -0.05) is 24.3 Å². The van der Waals surface area contributed by atoms with Crippen LogP contribution < -0.4 is 15.4 Å². The van der Waals surface area contributed by atoms with E-state index in [1.165, 1.54) is 0 Å². The van der Waals surface area contributed by atoms with Gasteiger partial charge in [0, 0.05) is 17.0 Å². The molecule has 1 aromatic carbocycles. The Bertz CT molecular complexity index is 526. The quantitative estimate of drug-likeness (QED) is 0.882. The van der Waals surface area contributed by atoms with Crippen LogP contribution in [-0.4, -0.2) is 13.1 Å². The normalized spacial score (nSPS) is 9.95. The van der Waals surface area contributed by atoms with Crippen molar-refractivity contribution in [3.8, 4) is 5.75 Å². The molecule has 2 amide bonds. The van der Waals surface area contributed by atoms with Gasteiger partial charge in [0.2, 0.25) is 0 Å². The maximum Gasteiger partial charge on any atom is 0.315 e. The molecular formula is C14H16N2O2S. The van der Waals surface area contributed by atoms with Gasteiger partial charge < -0.3 is 15.4 Å². The molecule has 0 aliphatic rings. The van der Waals surface area contributed by atoms with Gasteiger partial charge in [-0.2, -0.15) is 0 Å². The number of ether oxygens (including phenoxy) is 1. The second kappa shape index (κ2) is 6.80. The molecule has 2 aromatic rings. The van der Waals surface area contributed by atoms with Crippen LogP contribution in [0, 0.1) is 0 Å². The molecule has 0 bridgehead atoms. The number of rotatable bonds is 5. The smallest absolute Gasteiger partial charge is 0.315 e. The monoisotopic (exact) mass is 276 g/mol. The number of methoxy groups -OCH3 is 1. The van der Waals surface area contributed by atoms with Crippen LogP contribution in [0.5, 0.6) is 5.75 Å². The molecule has 0 aliphatic heterocycles. The van der Waals surface area contributed by atoms with Crippen LogP contribution in [0.1, 0.15) is 10.4 Å². The first-order chi connectivity index (χ1) is 9.29. The summed E-state index contributed by atoms with van der Waals surface area (Å²) in [5, 5.41) is 7.61. The van der Waals surface area contributed by atoms with E-state index in [1.807, 2.05) is 41.8 Å². The van der Waals surface area contributed by atoms with E-state index in [4.69, 9.17) is 4.74 Å². The Labute approximate surface area is 116 Å². The summed E-state index contributed by atoms with van der Waals surface area (Å²) in [7, 11) is 1.62. The van der Waals surface area contributed by atoms with Crippen LogP contribution in [0.2, 0.25) is 0 Å². The third-order valence-corrected chi connectivity index (χ3v) is 3.51. The number of urea groups is 1. The van der Waals surface area contributed by atoms with E-state index in [-0.39, 0.29) is 6.03 Å². The summed E-state index contributed by atoms with van der Waals surface area (Å²) in [6.45, 7) is 0.996. The Hall–Kier alpha value is -2.01. The summed E-state index contributed by atoms with van der Waals surface area (Å²) in [6.07, 6.45) is 0. The number of nitrogens with one attached hydrogen (secondary N) is 2. The van der Waals surface area contributed by atoms with Crippen molar-refractivity contribution in [1.29, 1.82) is 0 Å². The molecule has 0 atom stereocenters. The van der Waals surface area contributed by atoms with Crippen LogP contribution in [0.25, 0.3) is 0 Å². The minimum Gasteiger partial charge on any atom is -0.496 e. The van der Waals surface area contributed by atoms with Crippen molar-refractivity contribution in [2.45, 2.75) is 13.1 Å². The van der Waals surface area contributed by atoms with E-state index in [2.05, 4.69) is 10.6 Å². The van der Waals surface area contributed by atoms with E-state index < -0.39 is 0 Å². The van der Waals surface area contributed by atoms with E-state index in [0.717, 1.165) is 16.2 Å². The van der Waals surface area contributed by atoms with Gasteiger partial charge >= 0.3 is 6.03 Å². The highest BCUT2D eigenvalue weighted by molar-refractivity contribution is 7.09. The van der Waals surface area contributed by atoms with Crippen molar-refractivity contribution in [2.24, 2.45) is 0 Å². The van der Waals surface area contributed by atoms with Gasteiger partial charge in [-0.05, 0) is 17.5 Å². The van der Waals surface area contributed by atoms with E-state index in [9.17, 15) is 4.79 Å². The Morgan fingerprint density at radius 2 is 1.95 bits per heavy atom. The molecule has 0 saturated heterocycles. The molecule has 0 spiro atoms. The highest BCUT2D eigenvalue weighted by Crippen LogP contribution is 2.16. The first kappa shape index (κ1) is 13.4. The minimum atomic E-state index is -0.181. The maximum absolute atomic E-state index is 11.7. The lowest BCUT2D eigenvalue weighted by Gasteiger charge is -2.10. The second-order valence-corrected chi connectivity index (χ2v) is 4.96. The molecular weight excluding hydrogens is 260 g/mol. The molecule has 2 rings (SSSR count). The summed E-state index contributed by atoms with van der Waals surface area (Å²) < 4.78 is 5.23. The molecule has 19 heavy (non-hydrogen) atoms. The first-order valence-corrected chi connectivity index (χ1v) is 6.83. The molecule has 2 N–H and O–H groups in total. The average molecular weight is 276 g/mol. The van der Waals surface area contributed by atoms with Crippen LogP contribution in [0.3, 0.4) is 0 Å². The van der Waals surface area contributed by atoms with Gasteiger partial charge in [0.15, 0.2) is 0 Å². The lowest BCUT2D eigenvalue weighted by atomic mass is 10.2. The Kier molecular flexibility index (Phi) is 4.80. The van der Waals surface area contributed by atoms with E-state index in [0.29, 0.717) is 13.1 Å². The van der Waals surface area contributed by atoms with Crippen molar-refractivity contribution < 1.29 is 9.53 Å². The van der Waals surface area contributed by atoms with Crippen molar-refractivity contribution in [2.75, 3.05) is 7.11 Å². The Morgan fingerprint density at radius 1 is 1.16 bits per heavy atom. The average Bonchev–Trinajstić information content (AvgIpc) is 2.96. The molecule has 1 aromatic heterocycles. The molecule has 0 unspecified atom stereocenters. The number of hydrogen-bond acceptors (Lipinski definition) is 3. The van der Waals surface area contributed by atoms with E-state index >= 15 is 0 Å². The Morgan fingerprint density at radius 3 is 2.68 bits per heavy atom. The zero-order chi connectivity index (χ0) is 13.5. The second-order valence-electron chi connectivity index (χ2n) is 3.93. The topological polar surface area (TPSA) is 50.4 Å². The maximum atomic E-state index is 11.7. The first-order valence-electron chi connectivity index (χ1n) is 5.95. The van der Waals surface area contributed by atoms with Crippen LogP contribution in [0.4, 0.5) is 4.79 Å². The largest absolute Gasteiger partial charge is 0.496 e. The fraction of sp³-hybridized carbons (Fsp3) is 0.214. The summed E-state index contributed by atoms with van der Waals surface area (Å²) in [5.74, 6) is 0.779. The summed E-state index contributed by atoms with van der Waals surface area (Å²) in [6, 6.07) is 11.4. The number of carbonyl (C=O) groups excluding carboxylic acids is 1. The summed E-state index contributed by atoms with van der Waals surface area (Å²) >= 11 is 1.62. The number of thiophene rings is 1. The van der Waals surface area contributed by atoms with Crippen molar-refractivity contribution in [1.82, 2.24) is 10.6 Å². The van der Waals surface area contributed by atoms with Gasteiger partial charge in [0.1, 0.15) is 5.75 Å². The lowest BCUT2D eigenvalue weighted by molar-refractivity contribution is 0.240. The van der Waals surface area contributed by atoms with Gasteiger partial charge in [-0.3, -0.25) is 0 Å². The van der Waals surface area contributed by atoms with Crippen molar-refractivity contribution >= 4 is 17.4 Å². The van der Waals surface area contributed by atoms with Gasteiger partial charge in [-0.25, -0.2) is 4.79 Å². The number of amides is 2. The molecule has 1 heterocycles. The number of para-hydroxylation sites is 1. The zero-order valence-electron chi connectivity index (χ0n) is 10.7. The van der Waals surface area contributed by atoms with E-state index in [1.54, 1.807) is 18.4 Å². The Balaban J connectivity index is 1.80. The number of hydrogen-bond donors (Lipinski definition) is 2. The molecule has 0 fully saturated rings. The fourth-order valence-electron chi connectivity index (χ4n) is 1.67. The molecule has 0 saturated carbocycles. The SMILES string of the molecule is COc1ccccc1CNC(=O)NCc1cccs1. The van der Waals surface area contributed by atoms with Crippen LogP contribution in [-0.2, 0) is 13.1 Å². The predicted molar refractivity (Wildman–Crippen MR) is 76.4 cm³/mol. The van der Waals surface area contributed by atoms with Gasteiger partial charge in [0.05, 0.1) is 13.7 Å². The minimum absolute atomic E-state index is 0.181. The molecule has 0 radical (unpaired) electrons. The third-order valence-electron chi connectivity index (χ3n) is 2.64. The third kappa shape index (κ3) is 3.99. The standard InChI is InChI=1S/C14H16N2O2S/c1-18-13-7-3-2-5-11(13)9-15-14(17)16-10-12-6-4-8-19-12/h2-8H,9-10H2,1H3,(H2,15,16,17). The number of benzene rings is 1. The van der Waals surface area contributed by atoms with Gasteiger partial charge in [0.25, 0.3) is 0 Å². The molecule has 100 valence electrons. The molecule has 0 aliphatic carbocycles. The highest BCUT2D eigenvalue weighted by Gasteiger charge is 2.04. The summed E-state index contributed by atoms with van der Waals surface area (Å²) in [5.41, 5.74) is 0.955.